The van der Waals surface area contributed by atoms with Crippen LogP contribution in [-0.2, 0) is 13.0 Å². The van der Waals surface area contributed by atoms with Gasteiger partial charge in [0.15, 0.2) is 0 Å². The molecule has 0 spiro atoms. The van der Waals surface area contributed by atoms with Crippen LogP contribution in [0.5, 0.6) is 0 Å². The third-order valence-corrected chi connectivity index (χ3v) is 2.29. The summed E-state index contributed by atoms with van der Waals surface area (Å²) in [5.74, 6) is 0. The fourth-order valence-corrected chi connectivity index (χ4v) is 1.58. The van der Waals surface area contributed by atoms with Crippen molar-refractivity contribution in [3.05, 3.63) is 39.4 Å². The highest BCUT2D eigenvalue weighted by Crippen LogP contribution is 2.20. The van der Waals surface area contributed by atoms with Crippen LogP contribution in [0, 0.1) is 10.1 Å². The lowest BCUT2D eigenvalue weighted by Gasteiger charge is -2.15. The smallest absolute Gasteiger partial charge is 0.269 e. The van der Waals surface area contributed by atoms with Crippen LogP contribution < -0.4 is 5.32 Å². The molecule has 1 heterocycles. The fourth-order valence-electron chi connectivity index (χ4n) is 1.58. The van der Waals surface area contributed by atoms with Gasteiger partial charge in [0.25, 0.3) is 5.69 Å². The molecule has 0 radical (unpaired) electrons. The minimum absolute atomic E-state index is 0. The molecule has 1 aromatic rings. The summed E-state index contributed by atoms with van der Waals surface area (Å²) in [5.41, 5.74) is 2.47. The molecular weight excluding hydrogens is 204 g/mol. The van der Waals surface area contributed by atoms with Crippen molar-refractivity contribution in [3.8, 4) is 0 Å². The summed E-state index contributed by atoms with van der Waals surface area (Å²) < 4.78 is 0. The predicted molar refractivity (Wildman–Crippen MR) is 55.8 cm³/mol. The van der Waals surface area contributed by atoms with E-state index in [1.807, 2.05) is 6.07 Å². The van der Waals surface area contributed by atoms with E-state index in [9.17, 15) is 10.1 Å². The van der Waals surface area contributed by atoms with Gasteiger partial charge in [-0.1, -0.05) is 6.07 Å². The van der Waals surface area contributed by atoms with E-state index in [4.69, 9.17) is 0 Å². The number of nitrogens with zero attached hydrogens (tertiary/aromatic N) is 1. The van der Waals surface area contributed by atoms with Crippen LogP contribution in [0.25, 0.3) is 0 Å². The lowest BCUT2D eigenvalue weighted by molar-refractivity contribution is -0.384. The zero-order valence-corrected chi connectivity index (χ0v) is 8.34. The molecular formula is C9H11ClN2O2. The highest BCUT2D eigenvalue weighted by Gasteiger charge is 2.12. The van der Waals surface area contributed by atoms with Crippen LogP contribution in [0.1, 0.15) is 11.1 Å². The number of nitro benzene ring substituents is 1. The molecule has 1 aliphatic rings. The maximum Gasteiger partial charge on any atom is 0.269 e. The Bertz CT molecular complexity index is 355. The Labute approximate surface area is 87.9 Å². The second kappa shape index (κ2) is 4.39. The molecule has 0 bridgehead atoms. The van der Waals surface area contributed by atoms with Gasteiger partial charge >= 0.3 is 0 Å². The highest BCUT2D eigenvalue weighted by atomic mass is 35.5. The van der Waals surface area contributed by atoms with Crippen LogP contribution in [0.15, 0.2) is 18.2 Å². The largest absolute Gasteiger partial charge is 0.312 e. The zero-order chi connectivity index (χ0) is 9.26. The Hall–Kier alpha value is -1.13. The summed E-state index contributed by atoms with van der Waals surface area (Å²) in [6.45, 7) is 1.71. The maximum atomic E-state index is 10.5. The van der Waals surface area contributed by atoms with Crippen LogP contribution in [-0.4, -0.2) is 11.5 Å². The summed E-state index contributed by atoms with van der Waals surface area (Å²) in [4.78, 5) is 10.1. The zero-order valence-electron chi connectivity index (χ0n) is 7.53. The van der Waals surface area contributed by atoms with E-state index in [-0.39, 0.29) is 23.0 Å². The third-order valence-electron chi connectivity index (χ3n) is 2.29. The number of nitro groups is 1. The van der Waals surface area contributed by atoms with Crippen molar-refractivity contribution in [2.24, 2.45) is 0 Å². The van der Waals surface area contributed by atoms with Crippen molar-refractivity contribution in [1.82, 2.24) is 5.32 Å². The molecule has 0 aliphatic carbocycles. The van der Waals surface area contributed by atoms with E-state index >= 15 is 0 Å². The van der Waals surface area contributed by atoms with Gasteiger partial charge in [0, 0.05) is 18.7 Å². The monoisotopic (exact) mass is 214 g/mol. The maximum absolute atomic E-state index is 10.5. The Kier molecular flexibility index (Phi) is 3.43. The first-order valence-electron chi connectivity index (χ1n) is 4.24. The predicted octanol–water partition coefficient (Wildman–Crippen LogP) is 1.66. The second-order valence-electron chi connectivity index (χ2n) is 3.14. The standard InChI is InChI=1S/C9H10N2O2.ClH/c12-11(13)9-2-1-7-3-4-10-6-8(7)5-9;/h1-2,5,10H,3-4,6H2;1H. The van der Waals surface area contributed by atoms with E-state index in [1.165, 1.54) is 5.56 Å². The molecule has 1 N–H and O–H groups in total. The number of hydrogen-bond donors (Lipinski definition) is 1. The van der Waals surface area contributed by atoms with Crippen molar-refractivity contribution in [3.63, 3.8) is 0 Å². The molecule has 0 atom stereocenters. The lowest BCUT2D eigenvalue weighted by Crippen LogP contribution is -2.23. The second-order valence-corrected chi connectivity index (χ2v) is 3.14. The van der Waals surface area contributed by atoms with E-state index in [1.54, 1.807) is 12.1 Å². The average Bonchev–Trinajstić information content (AvgIpc) is 2.17. The Morgan fingerprint density at radius 1 is 1.36 bits per heavy atom. The number of rotatable bonds is 1. The van der Waals surface area contributed by atoms with Gasteiger partial charge in [0.1, 0.15) is 0 Å². The topological polar surface area (TPSA) is 55.2 Å². The van der Waals surface area contributed by atoms with Crippen molar-refractivity contribution in [1.29, 1.82) is 0 Å². The molecule has 1 aliphatic heterocycles. The SMILES string of the molecule is Cl.O=[N+]([O-])c1ccc2c(c1)CNCC2. The summed E-state index contributed by atoms with van der Waals surface area (Å²) >= 11 is 0. The van der Waals surface area contributed by atoms with E-state index in [0.717, 1.165) is 25.1 Å². The van der Waals surface area contributed by atoms with Gasteiger partial charge < -0.3 is 5.32 Å². The molecule has 5 heteroatoms. The number of non-ortho nitro benzene ring substituents is 1. The highest BCUT2D eigenvalue weighted by molar-refractivity contribution is 5.85. The minimum atomic E-state index is -0.352. The molecule has 76 valence electrons. The van der Waals surface area contributed by atoms with Crippen molar-refractivity contribution in [2.75, 3.05) is 6.54 Å². The summed E-state index contributed by atoms with van der Waals surface area (Å²) in [6, 6.07) is 5.08. The first-order valence-corrected chi connectivity index (χ1v) is 4.24. The third kappa shape index (κ3) is 2.02. The van der Waals surface area contributed by atoms with Crippen molar-refractivity contribution < 1.29 is 4.92 Å². The van der Waals surface area contributed by atoms with Gasteiger partial charge in [-0.15, -0.1) is 12.4 Å². The number of hydrogen-bond acceptors (Lipinski definition) is 3. The molecule has 0 amide bonds. The van der Waals surface area contributed by atoms with Crippen LogP contribution in [0.4, 0.5) is 5.69 Å². The Morgan fingerprint density at radius 3 is 2.86 bits per heavy atom. The van der Waals surface area contributed by atoms with Crippen molar-refractivity contribution >= 4 is 18.1 Å². The number of halogens is 1. The van der Waals surface area contributed by atoms with Gasteiger partial charge in [-0.05, 0) is 24.1 Å². The molecule has 0 aromatic heterocycles. The van der Waals surface area contributed by atoms with E-state index < -0.39 is 0 Å². The molecule has 0 saturated carbocycles. The quantitative estimate of drug-likeness (QED) is 0.572. The molecule has 4 nitrogen and oxygen atoms in total. The number of fused-ring (bicyclic) bond motifs is 1. The molecule has 0 unspecified atom stereocenters. The fraction of sp³-hybridized carbons (Fsp3) is 0.333. The molecule has 2 rings (SSSR count). The first-order chi connectivity index (χ1) is 6.27. The summed E-state index contributed by atoms with van der Waals surface area (Å²) in [5, 5.41) is 13.7. The molecule has 14 heavy (non-hydrogen) atoms. The normalized spacial score (nSPS) is 14.0. The van der Waals surface area contributed by atoms with Gasteiger partial charge in [0.2, 0.25) is 0 Å². The minimum Gasteiger partial charge on any atom is -0.312 e. The number of nitrogens with one attached hydrogen (secondary N) is 1. The van der Waals surface area contributed by atoms with Crippen LogP contribution >= 0.6 is 12.4 Å². The Balaban J connectivity index is 0.000000980. The van der Waals surface area contributed by atoms with Crippen molar-refractivity contribution in [2.45, 2.75) is 13.0 Å². The summed E-state index contributed by atoms with van der Waals surface area (Å²) in [7, 11) is 0. The average molecular weight is 215 g/mol. The number of benzene rings is 1. The Morgan fingerprint density at radius 2 is 2.14 bits per heavy atom. The van der Waals surface area contributed by atoms with E-state index in [2.05, 4.69) is 5.32 Å². The van der Waals surface area contributed by atoms with Crippen LogP contribution in [0.2, 0.25) is 0 Å². The van der Waals surface area contributed by atoms with Crippen LogP contribution in [0.3, 0.4) is 0 Å². The molecule has 0 fully saturated rings. The van der Waals surface area contributed by atoms with Gasteiger partial charge in [-0.2, -0.15) is 0 Å². The molecule has 0 saturated heterocycles. The van der Waals surface area contributed by atoms with Gasteiger partial charge in [0.05, 0.1) is 4.92 Å². The molecule has 1 aromatic carbocycles. The first kappa shape index (κ1) is 10.9. The van der Waals surface area contributed by atoms with Gasteiger partial charge in [-0.3, -0.25) is 10.1 Å². The van der Waals surface area contributed by atoms with Gasteiger partial charge in [-0.25, -0.2) is 0 Å². The van der Waals surface area contributed by atoms with E-state index in [0.29, 0.717) is 0 Å². The lowest BCUT2D eigenvalue weighted by atomic mass is 10.0. The summed E-state index contributed by atoms with van der Waals surface area (Å²) in [6.07, 6.45) is 0.966.